The van der Waals surface area contributed by atoms with Crippen LogP contribution in [0.3, 0.4) is 0 Å². The average molecular weight is 956 g/mol. The van der Waals surface area contributed by atoms with Crippen LogP contribution >= 0.6 is 0 Å². The van der Waals surface area contributed by atoms with Crippen molar-refractivity contribution >= 4 is 21.8 Å². The van der Waals surface area contributed by atoms with Gasteiger partial charge in [0.25, 0.3) is 0 Å². The van der Waals surface area contributed by atoms with E-state index in [9.17, 15) is 57.8 Å². The van der Waals surface area contributed by atoms with Gasteiger partial charge in [0.15, 0.2) is 0 Å². The molecular weight excluding hydrogens is 935 g/mol. The van der Waals surface area contributed by atoms with Gasteiger partial charge < -0.3 is 0 Å². The van der Waals surface area contributed by atoms with Crippen molar-refractivity contribution in [3.8, 4) is 0 Å². The van der Waals surface area contributed by atoms with Crippen molar-refractivity contribution in [1.29, 1.82) is 0 Å². The van der Waals surface area contributed by atoms with E-state index in [4.69, 9.17) is 7.45 Å². The summed E-state index contributed by atoms with van der Waals surface area (Å²) in [5.41, 5.74) is -24.5. The molecular formula is C36H21AsF20O3. The number of aliphatic hydroxyl groups is 1. The molecule has 0 fully saturated rings. The fraction of sp³-hybridized carbons (Fsp3) is 0.333. The minimum atomic E-state index is -9.58. The maximum atomic E-state index is 16.3. The molecule has 0 amide bonds. The average Bonchev–Trinajstić information content (AvgIpc) is 3.58. The Bertz CT molecular complexity index is 2060. The number of benzene rings is 4. The van der Waals surface area contributed by atoms with E-state index in [-0.39, 0.29) is 24.3 Å². The molecule has 2 aliphatic heterocycles. The molecule has 0 bridgehead atoms. The molecule has 3 nitrogen and oxygen atoms in total. The fourth-order valence-corrected chi connectivity index (χ4v) is 21.3. The van der Waals surface area contributed by atoms with Crippen molar-refractivity contribution in [2.45, 2.75) is 70.4 Å². The topological polar surface area (TPSA) is 38.7 Å². The third-order valence-electron chi connectivity index (χ3n) is 10.4. The van der Waals surface area contributed by atoms with E-state index < -0.39 is 127 Å². The molecule has 0 saturated carbocycles. The second-order valence-electron chi connectivity index (χ2n) is 13.7. The van der Waals surface area contributed by atoms with Gasteiger partial charge in [-0.15, -0.1) is 0 Å². The Kier molecular flexibility index (Phi) is 9.83. The third kappa shape index (κ3) is 5.42. The van der Waals surface area contributed by atoms with Gasteiger partial charge in [-0.2, -0.15) is 0 Å². The molecule has 60 heavy (non-hydrogen) atoms. The van der Waals surface area contributed by atoms with Crippen molar-refractivity contribution in [2.24, 2.45) is 0 Å². The minimum absolute atomic E-state index is 0.0949. The summed E-state index contributed by atoms with van der Waals surface area (Å²) in [5, 5.41) is 10.2. The number of rotatable bonds is 8. The molecule has 0 saturated heterocycles. The number of halogens is 20. The number of hydrogen-bond acceptors (Lipinski definition) is 3. The first-order valence-corrected chi connectivity index (χ1v) is 21.1. The van der Waals surface area contributed by atoms with E-state index in [1.807, 2.05) is 0 Å². The molecule has 2 heterocycles. The first kappa shape index (κ1) is 45.4. The van der Waals surface area contributed by atoms with Crippen LogP contribution in [0, 0.1) is 0 Å². The van der Waals surface area contributed by atoms with Crippen LogP contribution in [0.4, 0.5) is 87.8 Å². The summed E-state index contributed by atoms with van der Waals surface area (Å²) in [6.07, 6.45) is -30.8. The molecule has 0 atom stereocenters. The summed E-state index contributed by atoms with van der Waals surface area (Å²) < 4.78 is 311. The van der Waals surface area contributed by atoms with E-state index in [1.54, 1.807) is 0 Å². The predicted octanol–water partition coefficient (Wildman–Crippen LogP) is 10.4. The van der Waals surface area contributed by atoms with Crippen molar-refractivity contribution in [3.63, 3.8) is 0 Å². The van der Waals surface area contributed by atoms with E-state index in [2.05, 4.69) is 0 Å². The van der Waals surface area contributed by atoms with Gasteiger partial charge >= 0.3 is 324 Å². The normalized spacial score (nSPS) is 20.0. The molecule has 0 aromatic heterocycles. The zero-order valence-corrected chi connectivity index (χ0v) is 30.7. The summed E-state index contributed by atoms with van der Waals surface area (Å²) in [5.74, 6) is -31.0. The summed E-state index contributed by atoms with van der Waals surface area (Å²) in [4.78, 5) is 0. The van der Waals surface area contributed by atoms with Gasteiger partial charge in [0.1, 0.15) is 0 Å². The molecule has 328 valence electrons. The first-order chi connectivity index (χ1) is 27.1. The summed E-state index contributed by atoms with van der Waals surface area (Å²) in [7, 11) is 0. The Morgan fingerprint density at radius 2 is 0.633 bits per heavy atom. The van der Waals surface area contributed by atoms with E-state index in [1.165, 1.54) is 0 Å². The van der Waals surface area contributed by atoms with Crippen LogP contribution < -0.4 is 8.70 Å². The monoisotopic (exact) mass is 956 g/mol. The standard InChI is InChI=1S/C36H21AsF20O3/c38-29(39,33(46,47)48)27(30(40,41)34(49,50)51)22-15-7-9-17-24(22)37(59-27,19-26(58,20-11-3-1-4-12-20)21-13-5-2-6-14-21)25-18-10-8-16-23(25)28(60-37,31(42,43)35(52,53)54)32(44,45)36(55,56)57/h1-18,58H,19H2. The molecule has 0 aliphatic carbocycles. The van der Waals surface area contributed by atoms with Crippen LogP contribution in [0.25, 0.3) is 0 Å². The summed E-state index contributed by atoms with van der Waals surface area (Å²) in [6.45, 7) is 0. The van der Waals surface area contributed by atoms with Gasteiger partial charge in [-0.25, -0.2) is 0 Å². The number of alkyl halides is 20. The van der Waals surface area contributed by atoms with Gasteiger partial charge in [-0.1, -0.05) is 0 Å². The van der Waals surface area contributed by atoms with Gasteiger partial charge in [0.2, 0.25) is 0 Å². The molecule has 2 aliphatic rings. The number of fused-ring (bicyclic) bond motifs is 4. The zero-order valence-electron chi connectivity index (χ0n) is 28.9. The van der Waals surface area contributed by atoms with Crippen LogP contribution in [0.5, 0.6) is 0 Å². The van der Waals surface area contributed by atoms with Gasteiger partial charge in [0.05, 0.1) is 0 Å². The predicted molar refractivity (Wildman–Crippen MR) is 168 cm³/mol. The van der Waals surface area contributed by atoms with Crippen molar-refractivity contribution in [1.82, 2.24) is 0 Å². The Morgan fingerprint density at radius 1 is 0.383 bits per heavy atom. The zero-order chi connectivity index (χ0) is 45.3. The maximum absolute atomic E-state index is 16.3. The molecule has 0 unspecified atom stereocenters. The quantitative estimate of drug-likeness (QED) is 0.141. The summed E-state index contributed by atoms with van der Waals surface area (Å²) in [6, 6.07) is 9.31. The van der Waals surface area contributed by atoms with Crippen LogP contribution in [0.15, 0.2) is 109 Å². The molecule has 4 aromatic carbocycles. The Balaban J connectivity index is 1.99. The first-order valence-electron chi connectivity index (χ1n) is 16.4. The summed E-state index contributed by atoms with van der Waals surface area (Å²) >= 11 is -9.58. The second kappa shape index (κ2) is 13.0. The Morgan fingerprint density at radius 3 is 0.900 bits per heavy atom. The molecule has 1 N–H and O–H groups in total. The van der Waals surface area contributed by atoms with Crippen molar-refractivity contribution < 1.29 is 100 Å². The SMILES string of the molecule is OC(C[As]12(OC(C(F)(F)C(F)(F)F)(C(F)(F)C(F)(F)F)c3ccccc31)OC(C(F)(F)C(F)(F)F)(C(F)(F)C(F)(F)F)c1ccccc12)(c1ccccc1)c1ccccc1. The van der Waals surface area contributed by atoms with E-state index >= 15 is 35.1 Å². The van der Waals surface area contributed by atoms with Crippen molar-refractivity contribution in [2.75, 3.05) is 0 Å². The van der Waals surface area contributed by atoms with Crippen LogP contribution in [0.2, 0.25) is 5.21 Å². The van der Waals surface area contributed by atoms with Gasteiger partial charge in [-0.05, 0) is 0 Å². The van der Waals surface area contributed by atoms with Crippen LogP contribution in [-0.4, -0.2) is 66.6 Å². The Hall–Kier alpha value is -4.08. The molecule has 1 spiro atoms. The molecule has 6 rings (SSSR count). The van der Waals surface area contributed by atoms with Gasteiger partial charge in [-0.3, -0.25) is 0 Å². The second-order valence-corrected chi connectivity index (χ2v) is 21.9. The number of hydrogen-bond donors (Lipinski definition) is 1. The van der Waals surface area contributed by atoms with Crippen molar-refractivity contribution in [3.05, 3.63) is 131 Å². The Labute approximate surface area is 323 Å². The third-order valence-corrected chi connectivity index (χ3v) is 21.1. The molecule has 4 aromatic rings. The molecule has 24 heteroatoms. The van der Waals surface area contributed by atoms with Gasteiger partial charge in [0, 0.05) is 0 Å². The fourth-order valence-electron chi connectivity index (χ4n) is 7.88. The van der Waals surface area contributed by atoms with E-state index in [0.717, 1.165) is 60.7 Å². The molecule has 0 radical (unpaired) electrons. The van der Waals surface area contributed by atoms with E-state index in [0.29, 0.717) is 12.1 Å². The van der Waals surface area contributed by atoms with Crippen LogP contribution in [0.1, 0.15) is 22.3 Å². The van der Waals surface area contributed by atoms with Crippen LogP contribution in [-0.2, 0) is 24.3 Å².